The molecular weight excluding hydrogens is 397 g/mol. The van der Waals surface area contributed by atoms with Crippen molar-refractivity contribution in [3.63, 3.8) is 0 Å². The van der Waals surface area contributed by atoms with Gasteiger partial charge in [0.15, 0.2) is 11.2 Å². The maximum absolute atomic E-state index is 13.8. The van der Waals surface area contributed by atoms with E-state index in [9.17, 15) is 9.18 Å². The van der Waals surface area contributed by atoms with Gasteiger partial charge >= 0.3 is 0 Å². The Morgan fingerprint density at radius 1 is 1.19 bits per heavy atom. The van der Waals surface area contributed by atoms with Crippen LogP contribution in [-0.2, 0) is 9.53 Å². The molecule has 5 heterocycles. The summed E-state index contributed by atoms with van der Waals surface area (Å²) in [6.45, 7) is 3.40. The third-order valence-electron chi connectivity index (χ3n) is 7.01. The molecule has 1 amide bonds. The number of rotatable bonds is 2. The van der Waals surface area contributed by atoms with Crippen molar-refractivity contribution in [2.45, 2.75) is 50.5 Å². The Bertz CT molecular complexity index is 1170. The van der Waals surface area contributed by atoms with Gasteiger partial charge in [0.2, 0.25) is 0 Å². The molecule has 0 radical (unpaired) electrons. The second-order valence-electron chi connectivity index (χ2n) is 8.78. The van der Waals surface area contributed by atoms with Crippen molar-refractivity contribution in [1.29, 1.82) is 0 Å². The molecule has 6 rings (SSSR count). The van der Waals surface area contributed by atoms with E-state index < -0.39 is 5.60 Å². The van der Waals surface area contributed by atoms with Crippen molar-refractivity contribution in [3.05, 3.63) is 59.7 Å². The lowest BCUT2D eigenvalue weighted by Crippen LogP contribution is -2.50. The molecule has 0 unspecified atom stereocenters. The standard InChI is InChI=1S/C23H24FN5O2/c1-15-14-26-29-19(7-10-25-21(15)29)27-11-8-23(9-12-27)22(30)28-18(5-6-20(28)31-23)16-3-2-4-17(24)13-16/h2-4,7,10,13-14,18,20H,5-6,8-9,11-12H2,1H3/t18-,20+/m0/s1. The van der Waals surface area contributed by atoms with Gasteiger partial charge in [-0.1, -0.05) is 12.1 Å². The maximum Gasteiger partial charge on any atom is 0.257 e. The molecule has 0 N–H and O–H groups in total. The van der Waals surface area contributed by atoms with Crippen molar-refractivity contribution in [1.82, 2.24) is 19.5 Å². The molecule has 0 bridgehead atoms. The molecule has 7 nitrogen and oxygen atoms in total. The maximum atomic E-state index is 13.8. The van der Waals surface area contributed by atoms with Crippen LogP contribution in [0.1, 0.15) is 42.9 Å². The molecule has 3 aliphatic heterocycles. The molecule has 2 atom stereocenters. The number of aromatic nitrogens is 3. The lowest BCUT2D eigenvalue weighted by molar-refractivity contribution is -0.140. The number of ether oxygens (including phenoxy) is 1. The van der Waals surface area contributed by atoms with E-state index in [-0.39, 0.29) is 24.0 Å². The molecule has 160 valence electrons. The van der Waals surface area contributed by atoms with Gasteiger partial charge in [-0.05, 0) is 43.5 Å². The van der Waals surface area contributed by atoms with Crippen molar-refractivity contribution < 1.29 is 13.9 Å². The highest BCUT2D eigenvalue weighted by Gasteiger charge is 2.58. The normalized spacial score (nSPS) is 25.0. The first-order valence-corrected chi connectivity index (χ1v) is 10.9. The number of fused-ring (bicyclic) bond motifs is 2. The zero-order valence-corrected chi connectivity index (χ0v) is 17.4. The quantitative estimate of drug-likeness (QED) is 0.636. The Labute approximate surface area is 179 Å². The average molecular weight is 421 g/mol. The van der Waals surface area contributed by atoms with E-state index in [1.54, 1.807) is 12.3 Å². The van der Waals surface area contributed by atoms with Crippen LogP contribution in [0.2, 0.25) is 0 Å². The molecule has 1 spiro atoms. The Kier molecular flexibility index (Phi) is 4.08. The number of hydrogen-bond donors (Lipinski definition) is 0. The molecule has 3 aliphatic rings. The highest BCUT2D eigenvalue weighted by Crippen LogP contribution is 2.47. The number of anilines is 1. The first kappa shape index (κ1) is 18.7. The SMILES string of the molecule is Cc1cnn2c(N3CCC4(CC3)O[C@@H]3CC[C@@H](c5cccc(F)c5)N3C4=O)ccnc12. The summed E-state index contributed by atoms with van der Waals surface area (Å²) in [4.78, 5) is 22.1. The molecule has 8 heteroatoms. The molecule has 0 saturated carbocycles. The molecule has 3 saturated heterocycles. The minimum absolute atomic E-state index is 0.0544. The predicted octanol–water partition coefficient (Wildman–Crippen LogP) is 3.24. The van der Waals surface area contributed by atoms with Crippen LogP contribution < -0.4 is 4.90 Å². The fraction of sp³-hybridized carbons (Fsp3) is 0.435. The Morgan fingerprint density at radius 3 is 2.84 bits per heavy atom. The number of hydrogen-bond acceptors (Lipinski definition) is 5. The summed E-state index contributed by atoms with van der Waals surface area (Å²) in [5.74, 6) is 0.768. The molecule has 3 aromatic rings. The third-order valence-corrected chi connectivity index (χ3v) is 7.01. The van der Waals surface area contributed by atoms with Crippen LogP contribution in [0.4, 0.5) is 10.2 Å². The fourth-order valence-corrected chi connectivity index (χ4v) is 5.42. The van der Waals surface area contributed by atoms with E-state index in [0.29, 0.717) is 25.9 Å². The zero-order chi connectivity index (χ0) is 21.2. The number of carbonyl (C=O) groups is 1. The summed E-state index contributed by atoms with van der Waals surface area (Å²) in [6.07, 6.45) is 6.25. The van der Waals surface area contributed by atoms with E-state index >= 15 is 0 Å². The molecule has 31 heavy (non-hydrogen) atoms. The van der Waals surface area contributed by atoms with Crippen LogP contribution in [0, 0.1) is 12.7 Å². The first-order valence-electron chi connectivity index (χ1n) is 10.9. The molecule has 1 aromatic carbocycles. The highest BCUT2D eigenvalue weighted by atomic mass is 19.1. The number of nitrogens with zero attached hydrogens (tertiary/aromatic N) is 5. The van der Waals surface area contributed by atoms with E-state index in [0.717, 1.165) is 35.4 Å². The Balaban J connectivity index is 1.23. The summed E-state index contributed by atoms with van der Waals surface area (Å²) < 4.78 is 22.0. The van der Waals surface area contributed by atoms with Crippen molar-refractivity contribution in [3.8, 4) is 0 Å². The molecular formula is C23H24FN5O2. The average Bonchev–Trinajstić information content (AvgIpc) is 3.44. The van der Waals surface area contributed by atoms with E-state index in [1.165, 1.54) is 12.1 Å². The van der Waals surface area contributed by atoms with E-state index in [1.807, 2.05) is 34.7 Å². The minimum atomic E-state index is -0.778. The Hall–Kier alpha value is -3.00. The van der Waals surface area contributed by atoms with Gasteiger partial charge in [0, 0.05) is 37.7 Å². The van der Waals surface area contributed by atoms with Gasteiger partial charge in [0.1, 0.15) is 17.9 Å². The number of benzene rings is 1. The third kappa shape index (κ3) is 2.77. The van der Waals surface area contributed by atoms with Crippen LogP contribution in [-0.4, -0.2) is 50.3 Å². The van der Waals surface area contributed by atoms with Gasteiger partial charge in [-0.3, -0.25) is 4.79 Å². The summed E-state index contributed by atoms with van der Waals surface area (Å²) in [5, 5.41) is 4.47. The minimum Gasteiger partial charge on any atom is -0.356 e. The van der Waals surface area contributed by atoms with Gasteiger partial charge in [-0.15, -0.1) is 0 Å². The number of carbonyl (C=O) groups excluding carboxylic acids is 1. The molecule has 2 aromatic heterocycles. The lowest BCUT2D eigenvalue weighted by atomic mass is 9.89. The van der Waals surface area contributed by atoms with E-state index in [4.69, 9.17) is 4.74 Å². The van der Waals surface area contributed by atoms with Gasteiger partial charge < -0.3 is 14.5 Å². The van der Waals surface area contributed by atoms with Gasteiger partial charge in [0.25, 0.3) is 5.91 Å². The second kappa shape index (κ2) is 6.75. The predicted molar refractivity (Wildman–Crippen MR) is 112 cm³/mol. The van der Waals surface area contributed by atoms with Gasteiger partial charge in [-0.2, -0.15) is 9.61 Å². The monoisotopic (exact) mass is 421 g/mol. The molecule has 3 fully saturated rings. The van der Waals surface area contributed by atoms with Crippen LogP contribution in [0.25, 0.3) is 5.65 Å². The Morgan fingerprint density at radius 2 is 2.03 bits per heavy atom. The van der Waals surface area contributed by atoms with Crippen LogP contribution >= 0.6 is 0 Å². The van der Waals surface area contributed by atoms with Crippen LogP contribution in [0.5, 0.6) is 0 Å². The summed E-state index contributed by atoms with van der Waals surface area (Å²) >= 11 is 0. The van der Waals surface area contributed by atoms with Crippen LogP contribution in [0.15, 0.2) is 42.7 Å². The highest BCUT2D eigenvalue weighted by molar-refractivity contribution is 5.88. The first-order chi connectivity index (χ1) is 15.1. The fourth-order valence-electron chi connectivity index (χ4n) is 5.42. The summed E-state index contributed by atoms with van der Waals surface area (Å²) in [5.41, 5.74) is 1.96. The topological polar surface area (TPSA) is 63.0 Å². The number of piperidine rings is 1. The number of halogens is 1. The van der Waals surface area contributed by atoms with Crippen LogP contribution in [0.3, 0.4) is 0 Å². The van der Waals surface area contributed by atoms with E-state index in [2.05, 4.69) is 15.0 Å². The van der Waals surface area contributed by atoms with Crippen molar-refractivity contribution in [2.24, 2.45) is 0 Å². The van der Waals surface area contributed by atoms with Crippen molar-refractivity contribution in [2.75, 3.05) is 18.0 Å². The second-order valence-corrected chi connectivity index (χ2v) is 8.78. The molecule has 0 aliphatic carbocycles. The number of aryl methyl sites for hydroxylation is 1. The van der Waals surface area contributed by atoms with Crippen molar-refractivity contribution >= 4 is 17.4 Å². The largest absolute Gasteiger partial charge is 0.356 e. The lowest BCUT2D eigenvalue weighted by Gasteiger charge is -2.38. The summed E-state index contributed by atoms with van der Waals surface area (Å²) in [7, 11) is 0. The smallest absolute Gasteiger partial charge is 0.257 e. The number of amides is 1. The summed E-state index contributed by atoms with van der Waals surface area (Å²) in [6, 6.07) is 8.43. The van der Waals surface area contributed by atoms with Gasteiger partial charge in [-0.25, -0.2) is 9.37 Å². The zero-order valence-electron chi connectivity index (χ0n) is 17.4. The van der Waals surface area contributed by atoms with Gasteiger partial charge in [0.05, 0.1) is 12.2 Å².